The van der Waals surface area contributed by atoms with Crippen molar-refractivity contribution in [3.63, 3.8) is 0 Å². The molecular weight excluding hydrogens is 805 g/mol. The van der Waals surface area contributed by atoms with Crippen molar-refractivity contribution in [1.29, 1.82) is 0 Å². The Labute approximate surface area is 363 Å². The normalized spacial score (nSPS) is 12.0. The van der Waals surface area contributed by atoms with Gasteiger partial charge in [-0.05, 0) is 67.3 Å². The number of fused-ring (bicyclic) bond motifs is 4. The molecule has 1 aliphatic carbocycles. The lowest BCUT2D eigenvalue weighted by molar-refractivity contribution is -0.159. The number of imidazole rings is 1. The first-order valence-electron chi connectivity index (χ1n) is 20.5. The van der Waals surface area contributed by atoms with Crippen LogP contribution >= 0.6 is 0 Å². The fourth-order valence-corrected chi connectivity index (χ4v) is 7.34. The van der Waals surface area contributed by atoms with Crippen LogP contribution in [0.3, 0.4) is 0 Å². The number of H-pyrrole nitrogens is 1. The Morgan fingerprint density at radius 3 is 1.97 bits per heavy atom. The Balaban J connectivity index is 1.11. The molecule has 0 unspecified atom stereocenters. The summed E-state index contributed by atoms with van der Waals surface area (Å²) < 4.78 is 12.5. The van der Waals surface area contributed by atoms with E-state index in [0.29, 0.717) is 11.4 Å². The Morgan fingerprint density at radius 2 is 1.40 bits per heavy atom. The van der Waals surface area contributed by atoms with Gasteiger partial charge in [0.05, 0.1) is 17.7 Å². The van der Waals surface area contributed by atoms with Crippen molar-refractivity contribution in [1.82, 2.24) is 29.7 Å². The average Bonchev–Trinajstić information content (AvgIpc) is 3.81. The van der Waals surface area contributed by atoms with E-state index in [4.69, 9.17) is 9.47 Å². The molecule has 0 bridgehead atoms. The highest BCUT2D eigenvalue weighted by atomic mass is 16.6. The summed E-state index contributed by atoms with van der Waals surface area (Å²) in [6.07, 6.45) is 0.525. The van der Waals surface area contributed by atoms with Crippen LogP contribution in [0, 0.1) is 5.92 Å². The number of aromatic amines is 1. The Kier molecular flexibility index (Phi) is 12.8. The van der Waals surface area contributed by atoms with Crippen LogP contribution in [-0.2, 0) is 30.4 Å². The van der Waals surface area contributed by atoms with Crippen LogP contribution < -0.4 is 20.7 Å². The zero-order chi connectivity index (χ0) is 44.8. The van der Waals surface area contributed by atoms with Crippen molar-refractivity contribution in [2.24, 2.45) is 5.92 Å². The van der Waals surface area contributed by atoms with Gasteiger partial charge in [0, 0.05) is 24.9 Å². The summed E-state index contributed by atoms with van der Waals surface area (Å²) in [5, 5.41) is 2.68. The molecule has 0 aliphatic heterocycles. The van der Waals surface area contributed by atoms with Gasteiger partial charge in [0.25, 0.3) is 5.56 Å². The number of esters is 1. The fourth-order valence-electron chi connectivity index (χ4n) is 7.34. The highest BCUT2D eigenvalue weighted by Crippen LogP contribution is 2.44. The second-order valence-electron chi connectivity index (χ2n) is 16.2. The number of imide groups is 1. The maximum Gasteiger partial charge on any atom is 0.407 e. The van der Waals surface area contributed by atoms with E-state index >= 15 is 0 Å². The van der Waals surface area contributed by atoms with E-state index in [1.165, 1.54) is 20.7 Å². The molecule has 0 saturated carbocycles. The lowest BCUT2D eigenvalue weighted by atomic mass is 9.98. The molecule has 5 amide bonds. The highest BCUT2D eigenvalue weighted by molar-refractivity contribution is 6.21. The summed E-state index contributed by atoms with van der Waals surface area (Å²) in [5.74, 6) is -3.21. The van der Waals surface area contributed by atoms with E-state index in [0.717, 1.165) is 27.2 Å². The minimum absolute atomic E-state index is 0.0777. The van der Waals surface area contributed by atoms with Gasteiger partial charge >= 0.3 is 18.1 Å². The number of carbonyl (C=O) groups is 5. The number of para-hydroxylation sites is 2. The van der Waals surface area contributed by atoms with Crippen molar-refractivity contribution in [3.05, 3.63) is 137 Å². The van der Waals surface area contributed by atoms with Crippen LogP contribution in [0.15, 0.2) is 120 Å². The number of urea groups is 1. The fraction of sp³-hybridized carbons (Fsp3) is 0.277. The molecule has 16 nitrogen and oxygen atoms in total. The molecule has 0 fully saturated rings. The van der Waals surface area contributed by atoms with E-state index in [1.54, 1.807) is 95.3 Å². The third kappa shape index (κ3) is 9.80. The summed E-state index contributed by atoms with van der Waals surface area (Å²) in [6, 6.07) is 32.5. The Morgan fingerprint density at radius 1 is 0.825 bits per heavy atom. The molecule has 0 spiro atoms. The van der Waals surface area contributed by atoms with Gasteiger partial charge in [-0.2, -0.15) is 9.88 Å². The minimum Gasteiger partial charge on any atom is -0.459 e. The number of benzene rings is 4. The summed E-state index contributed by atoms with van der Waals surface area (Å²) in [4.78, 5) is 96.8. The SMILES string of the molecule is CC(C)C(=O)N(C(=O)N(c1ccccc1)c1ccccc1)c1nc2c(ncn2CC(=O)N(CCNC(=O)OCC2c3ccccc3-c3ccccc32)CC(=O)OC(C)(C)C)c(=O)[nH]1. The van der Waals surface area contributed by atoms with Gasteiger partial charge in [-0.15, -0.1) is 0 Å². The van der Waals surface area contributed by atoms with Gasteiger partial charge in [0.2, 0.25) is 17.8 Å². The third-order valence-electron chi connectivity index (χ3n) is 10.2. The summed E-state index contributed by atoms with van der Waals surface area (Å²) in [5.41, 5.74) is 3.33. The zero-order valence-corrected chi connectivity index (χ0v) is 35.6. The Bertz CT molecular complexity index is 2620. The maximum atomic E-state index is 14.6. The number of nitrogens with zero attached hydrogens (tertiary/aromatic N) is 6. The summed E-state index contributed by atoms with van der Waals surface area (Å²) in [6.45, 7) is 7.28. The molecule has 0 radical (unpaired) electrons. The molecule has 7 rings (SSSR count). The number of ether oxygens (including phenoxy) is 2. The smallest absolute Gasteiger partial charge is 0.407 e. The lowest BCUT2D eigenvalue weighted by Crippen LogP contribution is -2.48. The van der Waals surface area contributed by atoms with Crippen molar-refractivity contribution >= 4 is 58.4 Å². The van der Waals surface area contributed by atoms with Gasteiger partial charge in [0.15, 0.2) is 11.2 Å². The molecule has 324 valence electrons. The molecular formula is C47H48N8O8. The van der Waals surface area contributed by atoms with Gasteiger partial charge in [-0.1, -0.05) is 98.8 Å². The molecule has 16 heteroatoms. The van der Waals surface area contributed by atoms with Gasteiger partial charge in [-0.25, -0.2) is 14.6 Å². The predicted molar refractivity (Wildman–Crippen MR) is 236 cm³/mol. The van der Waals surface area contributed by atoms with Crippen molar-refractivity contribution in [3.8, 4) is 11.1 Å². The average molecular weight is 853 g/mol. The monoisotopic (exact) mass is 852 g/mol. The second-order valence-corrected chi connectivity index (χ2v) is 16.2. The van der Waals surface area contributed by atoms with Crippen LogP contribution in [0.1, 0.15) is 51.7 Å². The van der Waals surface area contributed by atoms with E-state index in [1.807, 2.05) is 48.5 Å². The quantitative estimate of drug-likeness (QED) is 0.117. The molecule has 6 aromatic rings. The number of amides is 5. The number of aromatic nitrogens is 4. The number of nitrogens with one attached hydrogen (secondary N) is 2. The summed E-state index contributed by atoms with van der Waals surface area (Å²) >= 11 is 0. The molecule has 2 aromatic heterocycles. The lowest BCUT2D eigenvalue weighted by Gasteiger charge is -2.29. The van der Waals surface area contributed by atoms with Crippen molar-refractivity contribution < 1.29 is 33.4 Å². The molecule has 0 saturated heterocycles. The Hall–Kier alpha value is -7.62. The standard InChI is InChI=1S/C47H48N8O8/c1-30(2)43(59)55(46(61)54(31-16-8-6-9-17-31)32-18-10-7-11-19-32)44-50-41-40(42(58)51-44)49-29-53(41)26-38(56)52(27-39(57)63-47(3,4)5)25-24-48-45(60)62-28-37-35-22-14-12-20-33(35)34-21-13-15-23-36(34)37/h6-23,29-30,37H,24-28H2,1-5H3,(H,48,60)(H,50,51,58). The zero-order valence-electron chi connectivity index (χ0n) is 35.6. The number of anilines is 3. The minimum atomic E-state index is -0.847. The van der Waals surface area contributed by atoms with E-state index in [2.05, 4.69) is 20.3 Å². The molecule has 2 N–H and O–H groups in total. The predicted octanol–water partition coefficient (Wildman–Crippen LogP) is 6.78. The van der Waals surface area contributed by atoms with E-state index in [-0.39, 0.29) is 42.7 Å². The first-order valence-corrected chi connectivity index (χ1v) is 20.5. The van der Waals surface area contributed by atoms with Crippen LogP contribution in [-0.4, -0.2) is 86.2 Å². The number of hydrogen-bond acceptors (Lipinski definition) is 10. The highest BCUT2D eigenvalue weighted by Gasteiger charge is 2.35. The maximum absolute atomic E-state index is 14.6. The van der Waals surface area contributed by atoms with Crippen molar-refractivity contribution in [2.45, 2.75) is 52.7 Å². The van der Waals surface area contributed by atoms with Crippen LogP contribution in [0.4, 0.5) is 26.9 Å². The molecule has 0 atom stereocenters. The van der Waals surface area contributed by atoms with Crippen LogP contribution in [0.5, 0.6) is 0 Å². The largest absolute Gasteiger partial charge is 0.459 e. The van der Waals surface area contributed by atoms with E-state index < -0.39 is 60.1 Å². The van der Waals surface area contributed by atoms with Gasteiger partial charge in [-0.3, -0.25) is 29.1 Å². The first-order chi connectivity index (χ1) is 30.2. The molecule has 1 aliphatic rings. The van der Waals surface area contributed by atoms with Gasteiger partial charge in [0.1, 0.15) is 25.3 Å². The van der Waals surface area contributed by atoms with Crippen molar-refractivity contribution in [2.75, 3.05) is 36.0 Å². The summed E-state index contributed by atoms with van der Waals surface area (Å²) in [7, 11) is 0. The molecule has 2 heterocycles. The number of carbonyl (C=O) groups excluding carboxylic acids is 5. The molecule has 63 heavy (non-hydrogen) atoms. The third-order valence-corrected chi connectivity index (χ3v) is 10.2. The van der Waals surface area contributed by atoms with Crippen LogP contribution in [0.2, 0.25) is 0 Å². The topological polar surface area (TPSA) is 189 Å². The van der Waals surface area contributed by atoms with E-state index in [9.17, 15) is 28.8 Å². The number of alkyl carbamates (subject to hydrolysis) is 1. The number of rotatable bonds is 13. The van der Waals surface area contributed by atoms with Crippen LogP contribution in [0.25, 0.3) is 22.3 Å². The van der Waals surface area contributed by atoms with Gasteiger partial charge < -0.3 is 24.3 Å². The first kappa shape index (κ1) is 43.5. The number of hydrogen-bond donors (Lipinski definition) is 2. The second kappa shape index (κ2) is 18.6. The molecule has 4 aromatic carbocycles.